The molecule has 0 bridgehead atoms. The molecule has 0 N–H and O–H groups in total. The quantitative estimate of drug-likeness (QED) is 0.590. The van der Waals surface area contributed by atoms with Gasteiger partial charge in [-0.1, -0.05) is 13.0 Å². The molecular formula is C8H12F3N. The van der Waals surface area contributed by atoms with Crippen LogP contribution in [0, 0.1) is 0 Å². The third-order valence-electron chi connectivity index (χ3n) is 1.13. The van der Waals surface area contributed by atoms with Gasteiger partial charge in [0.25, 0.3) is 0 Å². The van der Waals surface area contributed by atoms with Crippen molar-refractivity contribution < 1.29 is 13.2 Å². The van der Waals surface area contributed by atoms with E-state index in [-0.39, 0.29) is 6.54 Å². The van der Waals surface area contributed by atoms with Gasteiger partial charge in [0.15, 0.2) is 0 Å². The minimum Gasteiger partial charge on any atom is -0.281 e. The molecule has 0 atom stereocenters. The lowest BCUT2D eigenvalue weighted by atomic mass is 10.3. The summed E-state index contributed by atoms with van der Waals surface area (Å²) in [5, 5.41) is 0. The summed E-state index contributed by atoms with van der Waals surface area (Å²) in [7, 11) is 0. The smallest absolute Gasteiger partial charge is 0.281 e. The van der Waals surface area contributed by atoms with Crippen molar-refractivity contribution in [1.29, 1.82) is 0 Å². The Hall–Kier alpha value is -0.800. The van der Waals surface area contributed by atoms with Crippen LogP contribution in [-0.2, 0) is 0 Å². The molecule has 0 heterocycles. The lowest BCUT2D eigenvalue weighted by molar-refractivity contribution is -0.0578. The minimum atomic E-state index is -4.32. The fourth-order valence-electron chi connectivity index (χ4n) is 0.637. The van der Waals surface area contributed by atoms with Gasteiger partial charge in [-0.3, -0.25) is 4.99 Å². The minimum absolute atomic E-state index is 0.156. The van der Waals surface area contributed by atoms with Crippen molar-refractivity contribution in [3.8, 4) is 0 Å². The normalized spacial score (nSPS) is 14.2. The monoisotopic (exact) mass is 179 g/mol. The fraction of sp³-hybridized carbons (Fsp3) is 0.625. The first-order valence-corrected chi connectivity index (χ1v) is 3.80. The van der Waals surface area contributed by atoms with Crippen LogP contribution in [0.15, 0.2) is 17.1 Å². The maximum absolute atomic E-state index is 12.0. The molecule has 0 fully saturated rings. The predicted molar refractivity (Wildman–Crippen MR) is 43.5 cm³/mol. The maximum Gasteiger partial charge on any atom is 0.432 e. The van der Waals surface area contributed by atoms with Crippen LogP contribution in [0.4, 0.5) is 13.2 Å². The molecule has 0 spiro atoms. The highest BCUT2D eigenvalue weighted by Crippen LogP contribution is 2.18. The third kappa shape index (κ3) is 4.16. The lowest BCUT2D eigenvalue weighted by Gasteiger charge is -2.05. The molecule has 4 heteroatoms. The van der Waals surface area contributed by atoms with Crippen molar-refractivity contribution in [2.75, 3.05) is 6.54 Å². The van der Waals surface area contributed by atoms with Gasteiger partial charge in [0, 0.05) is 6.54 Å². The van der Waals surface area contributed by atoms with Gasteiger partial charge in [0.1, 0.15) is 5.71 Å². The van der Waals surface area contributed by atoms with Crippen molar-refractivity contribution in [1.82, 2.24) is 0 Å². The standard InChI is InChI=1S/C8H12F3N/c1-3-5-6-7(12-4-2)8(9,10)11/h5-6H,3-4H2,1-2H3/b6-5-,12-7+. The molecule has 0 aliphatic rings. The van der Waals surface area contributed by atoms with Crippen molar-refractivity contribution in [2.24, 2.45) is 4.99 Å². The van der Waals surface area contributed by atoms with Gasteiger partial charge in [-0.15, -0.1) is 0 Å². The highest BCUT2D eigenvalue weighted by atomic mass is 19.4. The summed E-state index contributed by atoms with van der Waals surface area (Å²) in [5.41, 5.74) is -0.799. The zero-order valence-corrected chi connectivity index (χ0v) is 7.15. The number of hydrogen-bond donors (Lipinski definition) is 0. The van der Waals surface area contributed by atoms with Crippen LogP contribution in [-0.4, -0.2) is 18.4 Å². The number of alkyl halides is 3. The fourth-order valence-corrected chi connectivity index (χ4v) is 0.637. The number of allylic oxidation sites excluding steroid dienone is 2. The van der Waals surface area contributed by atoms with E-state index in [2.05, 4.69) is 4.99 Å². The molecule has 0 amide bonds. The Balaban J connectivity index is 4.46. The molecule has 0 unspecified atom stereocenters. The van der Waals surface area contributed by atoms with Crippen LogP contribution in [0.3, 0.4) is 0 Å². The van der Waals surface area contributed by atoms with E-state index in [1.54, 1.807) is 13.8 Å². The molecular weight excluding hydrogens is 167 g/mol. The van der Waals surface area contributed by atoms with E-state index in [1.807, 2.05) is 0 Å². The Bertz CT molecular complexity index is 179. The number of hydrogen-bond acceptors (Lipinski definition) is 1. The summed E-state index contributed by atoms with van der Waals surface area (Å²) in [6.45, 7) is 3.50. The van der Waals surface area contributed by atoms with Gasteiger partial charge in [-0.25, -0.2) is 0 Å². The van der Waals surface area contributed by atoms with E-state index in [9.17, 15) is 13.2 Å². The van der Waals surface area contributed by atoms with Crippen LogP contribution in [0.1, 0.15) is 20.3 Å². The average molecular weight is 179 g/mol. The molecule has 0 aromatic rings. The molecule has 0 saturated carbocycles. The topological polar surface area (TPSA) is 12.4 Å². The highest BCUT2D eigenvalue weighted by molar-refractivity contribution is 5.99. The van der Waals surface area contributed by atoms with Gasteiger partial charge in [-0.2, -0.15) is 13.2 Å². The van der Waals surface area contributed by atoms with Crippen molar-refractivity contribution in [3.63, 3.8) is 0 Å². The zero-order valence-electron chi connectivity index (χ0n) is 7.15. The Morgan fingerprint density at radius 2 is 1.92 bits per heavy atom. The Morgan fingerprint density at radius 1 is 1.33 bits per heavy atom. The van der Waals surface area contributed by atoms with E-state index in [4.69, 9.17) is 0 Å². The zero-order chi connectivity index (χ0) is 9.61. The summed E-state index contributed by atoms with van der Waals surface area (Å²) in [6.07, 6.45) is -1.27. The van der Waals surface area contributed by atoms with Crippen LogP contribution < -0.4 is 0 Å². The average Bonchev–Trinajstić information content (AvgIpc) is 1.95. The van der Waals surface area contributed by atoms with E-state index >= 15 is 0 Å². The van der Waals surface area contributed by atoms with Crippen molar-refractivity contribution >= 4 is 5.71 Å². The second kappa shape index (κ2) is 4.95. The molecule has 0 aliphatic carbocycles. The Labute approximate surface area is 70.0 Å². The van der Waals surface area contributed by atoms with Gasteiger partial charge in [-0.05, 0) is 19.4 Å². The first kappa shape index (κ1) is 11.2. The van der Waals surface area contributed by atoms with Gasteiger partial charge in [0.05, 0.1) is 0 Å². The summed E-state index contributed by atoms with van der Waals surface area (Å²) in [4.78, 5) is 3.34. The van der Waals surface area contributed by atoms with Gasteiger partial charge in [0.2, 0.25) is 0 Å². The summed E-state index contributed by atoms with van der Waals surface area (Å²) in [5.74, 6) is 0. The predicted octanol–water partition coefficient (Wildman–Crippen LogP) is 2.98. The summed E-state index contributed by atoms with van der Waals surface area (Å²) in [6, 6.07) is 0. The van der Waals surface area contributed by atoms with Gasteiger partial charge >= 0.3 is 6.18 Å². The summed E-state index contributed by atoms with van der Waals surface area (Å²) < 4.78 is 36.1. The van der Waals surface area contributed by atoms with Crippen molar-refractivity contribution in [3.05, 3.63) is 12.2 Å². The second-order valence-corrected chi connectivity index (χ2v) is 2.17. The van der Waals surface area contributed by atoms with Crippen LogP contribution in [0.5, 0.6) is 0 Å². The van der Waals surface area contributed by atoms with Crippen molar-refractivity contribution in [2.45, 2.75) is 26.4 Å². The molecule has 0 aromatic carbocycles. The van der Waals surface area contributed by atoms with Crippen LogP contribution in [0.25, 0.3) is 0 Å². The molecule has 70 valence electrons. The number of halogens is 3. The largest absolute Gasteiger partial charge is 0.432 e. The highest BCUT2D eigenvalue weighted by Gasteiger charge is 2.33. The molecule has 0 aliphatic heterocycles. The Morgan fingerprint density at radius 3 is 2.25 bits per heavy atom. The van der Waals surface area contributed by atoms with E-state index < -0.39 is 11.9 Å². The number of nitrogens with zero attached hydrogens (tertiary/aromatic N) is 1. The van der Waals surface area contributed by atoms with Gasteiger partial charge < -0.3 is 0 Å². The van der Waals surface area contributed by atoms with Crippen LogP contribution >= 0.6 is 0 Å². The second-order valence-electron chi connectivity index (χ2n) is 2.17. The molecule has 1 nitrogen and oxygen atoms in total. The van der Waals surface area contributed by atoms with E-state index in [0.717, 1.165) is 6.08 Å². The first-order valence-electron chi connectivity index (χ1n) is 3.80. The SMILES string of the molecule is CC/C=C\C(=N/CC)C(F)(F)F. The maximum atomic E-state index is 12.0. The molecule has 0 radical (unpaired) electrons. The lowest BCUT2D eigenvalue weighted by Crippen LogP contribution is -2.20. The molecule has 0 rings (SSSR count). The summed E-state index contributed by atoms with van der Waals surface area (Å²) >= 11 is 0. The van der Waals surface area contributed by atoms with E-state index in [0.29, 0.717) is 6.42 Å². The van der Waals surface area contributed by atoms with E-state index in [1.165, 1.54) is 6.08 Å². The molecule has 0 aromatic heterocycles. The third-order valence-corrected chi connectivity index (χ3v) is 1.13. The molecule has 0 saturated heterocycles. The number of rotatable bonds is 3. The first-order chi connectivity index (χ1) is 5.52. The van der Waals surface area contributed by atoms with Crippen LogP contribution in [0.2, 0.25) is 0 Å². The molecule has 12 heavy (non-hydrogen) atoms. The number of aliphatic imine (C=N–C) groups is 1. The Kier molecular flexibility index (Phi) is 4.62.